The number of ether oxygens (including phenoxy) is 1. The Morgan fingerprint density at radius 1 is 1.03 bits per heavy atom. The van der Waals surface area contributed by atoms with Crippen molar-refractivity contribution in [3.8, 4) is 23.6 Å². The average Bonchev–Trinajstić information content (AvgIpc) is 3.19. The van der Waals surface area contributed by atoms with Crippen molar-refractivity contribution in [2.24, 2.45) is 0 Å². The minimum Gasteiger partial charge on any atom is -0.488 e. The first kappa shape index (κ1) is 21.9. The molecule has 0 spiro atoms. The molecule has 3 aromatic carbocycles. The van der Waals surface area contributed by atoms with E-state index in [0.717, 1.165) is 10.0 Å². The van der Waals surface area contributed by atoms with Crippen LogP contribution in [0.4, 0.5) is 5.82 Å². The molecule has 0 aliphatic heterocycles. The second-order valence-electron chi connectivity index (χ2n) is 7.09. The number of anilines is 1. The molecule has 0 atom stereocenters. The SMILES string of the molecule is N#C/C(=C/c1cc(Br)ccc1OCc1ccccc1)c1nn(-c2ccccc2)c(N)c1C#N. The number of hydrogen-bond acceptors (Lipinski definition) is 5. The summed E-state index contributed by atoms with van der Waals surface area (Å²) in [5.41, 5.74) is 9.17. The van der Waals surface area contributed by atoms with E-state index in [9.17, 15) is 10.5 Å². The van der Waals surface area contributed by atoms with Gasteiger partial charge < -0.3 is 10.5 Å². The minimum absolute atomic E-state index is 0.147. The lowest BCUT2D eigenvalue weighted by atomic mass is 10.1. The third kappa shape index (κ3) is 4.79. The molecule has 0 saturated heterocycles. The van der Waals surface area contributed by atoms with Crippen LogP contribution < -0.4 is 10.5 Å². The van der Waals surface area contributed by atoms with Gasteiger partial charge in [0.1, 0.15) is 41.6 Å². The zero-order valence-corrected chi connectivity index (χ0v) is 19.0. The van der Waals surface area contributed by atoms with Gasteiger partial charge in [0, 0.05) is 10.0 Å². The van der Waals surface area contributed by atoms with Crippen LogP contribution in [0.3, 0.4) is 0 Å². The van der Waals surface area contributed by atoms with Crippen LogP contribution in [0.2, 0.25) is 0 Å². The third-order valence-corrected chi connectivity index (χ3v) is 5.41. The van der Waals surface area contributed by atoms with E-state index >= 15 is 0 Å². The van der Waals surface area contributed by atoms with E-state index in [1.807, 2.05) is 78.9 Å². The Bertz CT molecular complexity index is 1400. The molecule has 1 heterocycles. The number of nitrogen functional groups attached to an aromatic ring is 1. The number of aromatic nitrogens is 2. The molecule has 4 rings (SSSR count). The van der Waals surface area contributed by atoms with Crippen LogP contribution in [0.15, 0.2) is 83.3 Å². The molecule has 33 heavy (non-hydrogen) atoms. The Morgan fingerprint density at radius 3 is 2.39 bits per heavy atom. The first-order valence-corrected chi connectivity index (χ1v) is 10.8. The monoisotopic (exact) mass is 495 g/mol. The summed E-state index contributed by atoms with van der Waals surface area (Å²) < 4.78 is 8.32. The summed E-state index contributed by atoms with van der Waals surface area (Å²) in [7, 11) is 0. The van der Waals surface area contributed by atoms with Crippen LogP contribution in [0.5, 0.6) is 5.75 Å². The highest BCUT2D eigenvalue weighted by molar-refractivity contribution is 9.10. The van der Waals surface area contributed by atoms with Gasteiger partial charge in [-0.15, -0.1) is 0 Å². The fourth-order valence-corrected chi connectivity index (χ4v) is 3.68. The number of nitriles is 2. The van der Waals surface area contributed by atoms with Crippen molar-refractivity contribution in [1.29, 1.82) is 10.5 Å². The van der Waals surface area contributed by atoms with Gasteiger partial charge in [-0.3, -0.25) is 0 Å². The van der Waals surface area contributed by atoms with Gasteiger partial charge in [-0.25, -0.2) is 4.68 Å². The van der Waals surface area contributed by atoms with Crippen LogP contribution in [-0.2, 0) is 6.61 Å². The molecule has 2 N–H and O–H groups in total. The Kier molecular flexibility index (Phi) is 6.54. The number of benzene rings is 3. The molecule has 1 aromatic heterocycles. The number of allylic oxidation sites excluding steroid dienone is 1. The van der Waals surface area contributed by atoms with Gasteiger partial charge in [-0.05, 0) is 42.0 Å². The molecule has 4 aromatic rings. The molecule has 0 unspecified atom stereocenters. The van der Waals surface area contributed by atoms with Crippen molar-refractivity contribution in [2.75, 3.05) is 5.73 Å². The van der Waals surface area contributed by atoms with Crippen LogP contribution in [0.1, 0.15) is 22.4 Å². The number of rotatable bonds is 6. The van der Waals surface area contributed by atoms with Gasteiger partial charge in [0.15, 0.2) is 0 Å². The van der Waals surface area contributed by atoms with Crippen molar-refractivity contribution >= 4 is 33.4 Å². The third-order valence-electron chi connectivity index (χ3n) is 4.92. The summed E-state index contributed by atoms with van der Waals surface area (Å²) in [6, 6.07) is 28.8. The first-order valence-electron chi connectivity index (χ1n) is 10.0. The maximum Gasteiger partial charge on any atom is 0.145 e. The van der Waals surface area contributed by atoms with Gasteiger partial charge in [0.05, 0.1) is 11.3 Å². The summed E-state index contributed by atoms with van der Waals surface area (Å²) in [5, 5.41) is 24.1. The van der Waals surface area contributed by atoms with Crippen molar-refractivity contribution < 1.29 is 4.74 Å². The van der Waals surface area contributed by atoms with Gasteiger partial charge in [-0.2, -0.15) is 15.6 Å². The number of nitrogens with zero attached hydrogens (tertiary/aromatic N) is 4. The zero-order chi connectivity index (χ0) is 23.2. The lowest BCUT2D eigenvalue weighted by molar-refractivity contribution is 0.305. The van der Waals surface area contributed by atoms with Crippen molar-refractivity contribution in [2.45, 2.75) is 6.61 Å². The van der Waals surface area contributed by atoms with Crippen molar-refractivity contribution in [3.05, 3.63) is 106 Å². The smallest absolute Gasteiger partial charge is 0.145 e. The predicted octanol–water partition coefficient (Wildman–Crippen LogP) is 5.73. The van der Waals surface area contributed by atoms with E-state index in [-0.39, 0.29) is 22.6 Å². The molecular weight excluding hydrogens is 478 g/mol. The van der Waals surface area contributed by atoms with Crippen LogP contribution in [0, 0.1) is 22.7 Å². The largest absolute Gasteiger partial charge is 0.488 e. The normalized spacial score (nSPS) is 10.9. The summed E-state index contributed by atoms with van der Waals surface area (Å²) in [4.78, 5) is 0. The molecule has 0 amide bonds. The van der Waals surface area contributed by atoms with E-state index in [2.05, 4.69) is 33.2 Å². The minimum atomic E-state index is 0.147. The number of hydrogen-bond donors (Lipinski definition) is 1. The van der Waals surface area contributed by atoms with E-state index in [1.165, 1.54) is 4.68 Å². The molecule has 0 aliphatic carbocycles. The lowest BCUT2D eigenvalue weighted by Crippen LogP contribution is -2.02. The molecule has 7 heteroatoms. The predicted molar refractivity (Wildman–Crippen MR) is 131 cm³/mol. The fourth-order valence-electron chi connectivity index (χ4n) is 3.30. The maximum atomic E-state index is 9.93. The highest BCUT2D eigenvalue weighted by Crippen LogP contribution is 2.31. The van der Waals surface area contributed by atoms with E-state index < -0.39 is 0 Å². The van der Waals surface area contributed by atoms with Gasteiger partial charge in [-0.1, -0.05) is 64.5 Å². The Balaban J connectivity index is 1.75. The summed E-state index contributed by atoms with van der Waals surface area (Å²) in [6.45, 7) is 0.379. The molecule has 0 aliphatic rings. The van der Waals surface area contributed by atoms with E-state index in [4.69, 9.17) is 10.5 Å². The molecule has 0 saturated carbocycles. The van der Waals surface area contributed by atoms with E-state index in [1.54, 1.807) is 6.08 Å². The molecular formula is C26H18BrN5O. The maximum absolute atomic E-state index is 9.93. The summed E-state index contributed by atoms with van der Waals surface area (Å²) >= 11 is 3.48. The van der Waals surface area contributed by atoms with Crippen LogP contribution >= 0.6 is 15.9 Å². The molecule has 0 radical (unpaired) electrons. The Labute approximate surface area is 199 Å². The second-order valence-corrected chi connectivity index (χ2v) is 8.01. The second kappa shape index (κ2) is 9.86. The Hall–Kier alpha value is -4.33. The summed E-state index contributed by atoms with van der Waals surface area (Å²) in [5.74, 6) is 0.776. The average molecular weight is 496 g/mol. The number of nitrogens with two attached hydrogens (primary N) is 1. The van der Waals surface area contributed by atoms with Crippen LogP contribution in [-0.4, -0.2) is 9.78 Å². The summed E-state index contributed by atoms with van der Waals surface area (Å²) in [6.07, 6.45) is 1.66. The highest BCUT2D eigenvalue weighted by Gasteiger charge is 2.20. The van der Waals surface area contributed by atoms with E-state index in [0.29, 0.717) is 23.6 Å². The molecule has 0 fully saturated rings. The van der Waals surface area contributed by atoms with Gasteiger partial charge in [0.25, 0.3) is 0 Å². The van der Waals surface area contributed by atoms with Crippen molar-refractivity contribution in [3.63, 3.8) is 0 Å². The standard InChI is InChI=1S/C26H18BrN5O/c27-21-11-12-24(33-17-18-7-3-1-4-8-18)19(14-21)13-20(15-28)25-23(16-29)26(30)32(31-25)22-9-5-2-6-10-22/h1-14H,17,30H2/b20-13-. The van der Waals surface area contributed by atoms with Crippen LogP contribution in [0.25, 0.3) is 17.3 Å². The molecule has 6 nitrogen and oxygen atoms in total. The molecule has 0 bridgehead atoms. The highest BCUT2D eigenvalue weighted by atomic mass is 79.9. The van der Waals surface area contributed by atoms with Gasteiger partial charge in [0.2, 0.25) is 0 Å². The molecule has 160 valence electrons. The Morgan fingerprint density at radius 2 is 1.73 bits per heavy atom. The fraction of sp³-hybridized carbons (Fsp3) is 0.0385. The zero-order valence-electron chi connectivity index (χ0n) is 17.4. The van der Waals surface area contributed by atoms with Gasteiger partial charge >= 0.3 is 0 Å². The first-order chi connectivity index (χ1) is 16.1. The number of halogens is 1. The quantitative estimate of drug-likeness (QED) is 0.344. The number of para-hydroxylation sites is 1. The lowest BCUT2D eigenvalue weighted by Gasteiger charge is -2.10. The van der Waals surface area contributed by atoms with Crippen molar-refractivity contribution in [1.82, 2.24) is 9.78 Å². The topological polar surface area (TPSA) is 101 Å².